The predicted molar refractivity (Wildman–Crippen MR) is 117 cm³/mol. The van der Waals surface area contributed by atoms with Gasteiger partial charge >= 0.3 is 0 Å². The van der Waals surface area contributed by atoms with Gasteiger partial charge in [0.15, 0.2) is 0 Å². The molecule has 1 saturated carbocycles. The van der Waals surface area contributed by atoms with E-state index >= 15 is 0 Å². The van der Waals surface area contributed by atoms with Crippen molar-refractivity contribution >= 4 is 0 Å². The molecule has 0 aromatic heterocycles. The van der Waals surface area contributed by atoms with Gasteiger partial charge < -0.3 is 4.74 Å². The first kappa shape index (κ1) is 20.2. The van der Waals surface area contributed by atoms with Crippen LogP contribution >= 0.6 is 0 Å². The fraction of sp³-hybridized carbons (Fsp3) is 0.385. The molecule has 0 N–H and O–H groups in total. The summed E-state index contributed by atoms with van der Waals surface area (Å²) >= 11 is 0. The van der Waals surface area contributed by atoms with Crippen LogP contribution in [0.1, 0.15) is 44.7 Å². The SMILES string of the molecule is CC(C)(C)C#C/C=C/CN(Cc1cccc(OCc2ccccc2)c1)C1CC1. The lowest BCUT2D eigenvalue weighted by atomic mass is 9.98. The average Bonchev–Trinajstić information content (AvgIpc) is 3.51. The zero-order valence-electron chi connectivity index (χ0n) is 17.3. The van der Waals surface area contributed by atoms with E-state index in [0.717, 1.165) is 18.8 Å². The van der Waals surface area contributed by atoms with E-state index in [1.165, 1.54) is 24.0 Å². The number of ether oxygens (including phenoxy) is 1. The summed E-state index contributed by atoms with van der Waals surface area (Å²) in [6.07, 6.45) is 6.78. The topological polar surface area (TPSA) is 12.5 Å². The molecule has 2 aromatic rings. The molecule has 146 valence electrons. The fourth-order valence-corrected chi connectivity index (χ4v) is 3.00. The Hall–Kier alpha value is -2.50. The average molecular weight is 374 g/mol. The molecule has 2 heteroatoms. The van der Waals surface area contributed by atoms with Crippen molar-refractivity contribution < 1.29 is 4.74 Å². The number of allylic oxidation sites excluding steroid dienone is 1. The summed E-state index contributed by atoms with van der Waals surface area (Å²) in [6, 6.07) is 19.5. The molecule has 3 rings (SSSR count). The Kier molecular flexibility index (Phi) is 6.95. The monoisotopic (exact) mass is 373 g/mol. The predicted octanol–water partition coefficient (Wildman–Crippen LogP) is 5.84. The maximum Gasteiger partial charge on any atom is 0.120 e. The molecular formula is C26H31NO. The molecule has 1 fully saturated rings. The second-order valence-electron chi connectivity index (χ2n) is 8.50. The van der Waals surface area contributed by atoms with Crippen LogP contribution in [0.15, 0.2) is 66.7 Å². The van der Waals surface area contributed by atoms with E-state index in [0.29, 0.717) is 12.6 Å². The summed E-state index contributed by atoms with van der Waals surface area (Å²) in [5.41, 5.74) is 2.54. The lowest BCUT2D eigenvalue weighted by Crippen LogP contribution is -2.25. The van der Waals surface area contributed by atoms with Crippen LogP contribution in [0, 0.1) is 17.3 Å². The summed E-state index contributed by atoms with van der Waals surface area (Å²) in [5.74, 6) is 7.36. The molecule has 0 unspecified atom stereocenters. The Morgan fingerprint density at radius 1 is 1.04 bits per heavy atom. The standard InChI is InChI=1S/C26H31NO/c1-26(2,3)17-8-5-9-18-27(24-15-16-24)20-23-13-10-14-25(19-23)28-21-22-11-6-4-7-12-22/h4-7,9-14,19,24H,15-16,18,20-21H2,1-3H3/b9-5+. The van der Waals surface area contributed by atoms with Crippen LogP contribution in [0.5, 0.6) is 5.75 Å². The highest BCUT2D eigenvalue weighted by atomic mass is 16.5. The van der Waals surface area contributed by atoms with Gasteiger partial charge in [-0.2, -0.15) is 0 Å². The Labute approximate surface area is 170 Å². The van der Waals surface area contributed by atoms with E-state index in [1.54, 1.807) is 0 Å². The Morgan fingerprint density at radius 3 is 2.50 bits per heavy atom. The Balaban J connectivity index is 1.56. The summed E-state index contributed by atoms with van der Waals surface area (Å²) in [6.45, 7) is 8.90. The van der Waals surface area contributed by atoms with Crippen LogP contribution < -0.4 is 4.74 Å². The highest BCUT2D eigenvalue weighted by Gasteiger charge is 2.28. The van der Waals surface area contributed by atoms with Crippen molar-refractivity contribution in [2.24, 2.45) is 5.41 Å². The molecule has 0 spiro atoms. The summed E-state index contributed by atoms with van der Waals surface area (Å²) < 4.78 is 5.98. The maximum atomic E-state index is 5.98. The number of rotatable bonds is 8. The highest BCUT2D eigenvalue weighted by molar-refractivity contribution is 5.29. The summed E-state index contributed by atoms with van der Waals surface area (Å²) in [7, 11) is 0. The molecule has 0 bridgehead atoms. The zero-order chi connectivity index (χ0) is 19.8. The first-order valence-corrected chi connectivity index (χ1v) is 10.2. The fourth-order valence-electron chi connectivity index (χ4n) is 3.00. The van der Waals surface area contributed by atoms with Crippen molar-refractivity contribution in [1.29, 1.82) is 0 Å². The Bertz CT molecular complexity index is 832. The normalized spacial score (nSPS) is 14.1. The lowest BCUT2D eigenvalue weighted by Gasteiger charge is -2.20. The quantitative estimate of drug-likeness (QED) is 0.539. The van der Waals surface area contributed by atoms with Crippen molar-refractivity contribution in [2.75, 3.05) is 6.54 Å². The molecule has 1 aliphatic rings. The lowest BCUT2D eigenvalue weighted by molar-refractivity contribution is 0.281. The number of nitrogens with zero attached hydrogens (tertiary/aromatic N) is 1. The van der Waals surface area contributed by atoms with Gasteiger partial charge in [0.25, 0.3) is 0 Å². The summed E-state index contributed by atoms with van der Waals surface area (Å²) in [4.78, 5) is 2.53. The minimum Gasteiger partial charge on any atom is -0.489 e. The van der Waals surface area contributed by atoms with Crippen LogP contribution in [0.2, 0.25) is 0 Å². The molecule has 2 nitrogen and oxygen atoms in total. The molecule has 28 heavy (non-hydrogen) atoms. The second kappa shape index (κ2) is 9.62. The third-order valence-electron chi connectivity index (χ3n) is 4.58. The van der Waals surface area contributed by atoms with E-state index in [-0.39, 0.29) is 5.41 Å². The third-order valence-corrected chi connectivity index (χ3v) is 4.58. The van der Waals surface area contributed by atoms with Crippen molar-refractivity contribution in [3.05, 3.63) is 77.9 Å². The van der Waals surface area contributed by atoms with Gasteiger partial charge in [-0.1, -0.05) is 60.4 Å². The largest absolute Gasteiger partial charge is 0.489 e. The van der Waals surface area contributed by atoms with E-state index in [4.69, 9.17) is 4.74 Å². The second-order valence-corrected chi connectivity index (χ2v) is 8.50. The van der Waals surface area contributed by atoms with Crippen LogP contribution in [0.25, 0.3) is 0 Å². The molecule has 1 aliphatic carbocycles. The van der Waals surface area contributed by atoms with Crippen molar-refractivity contribution in [2.45, 2.75) is 52.8 Å². The number of hydrogen-bond acceptors (Lipinski definition) is 2. The molecule has 0 atom stereocenters. The molecule has 0 amide bonds. The van der Waals surface area contributed by atoms with Gasteiger partial charge in [0.05, 0.1) is 0 Å². The number of benzene rings is 2. The smallest absolute Gasteiger partial charge is 0.120 e. The maximum absolute atomic E-state index is 5.98. The molecule has 0 radical (unpaired) electrons. The van der Waals surface area contributed by atoms with E-state index in [1.807, 2.05) is 30.3 Å². The van der Waals surface area contributed by atoms with Crippen LogP contribution in [-0.2, 0) is 13.2 Å². The van der Waals surface area contributed by atoms with Gasteiger partial charge in [0.1, 0.15) is 12.4 Å². The zero-order valence-corrected chi connectivity index (χ0v) is 17.3. The van der Waals surface area contributed by atoms with Gasteiger partial charge in [0.2, 0.25) is 0 Å². The summed E-state index contributed by atoms with van der Waals surface area (Å²) in [5, 5.41) is 0. The van der Waals surface area contributed by atoms with Gasteiger partial charge in [-0.15, -0.1) is 0 Å². The van der Waals surface area contributed by atoms with Crippen molar-refractivity contribution in [3.63, 3.8) is 0 Å². The molecule has 0 heterocycles. The van der Waals surface area contributed by atoms with E-state index < -0.39 is 0 Å². The van der Waals surface area contributed by atoms with Crippen molar-refractivity contribution in [3.8, 4) is 17.6 Å². The van der Waals surface area contributed by atoms with Crippen LogP contribution in [0.3, 0.4) is 0 Å². The van der Waals surface area contributed by atoms with E-state index in [9.17, 15) is 0 Å². The Morgan fingerprint density at radius 2 is 1.79 bits per heavy atom. The van der Waals surface area contributed by atoms with Crippen LogP contribution in [-0.4, -0.2) is 17.5 Å². The van der Waals surface area contributed by atoms with Gasteiger partial charge in [-0.05, 0) is 62.9 Å². The number of hydrogen-bond donors (Lipinski definition) is 0. The first-order valence-electron chi connectivity index (χ1n) is 10.2. The van der Waals surface area contributed by atoms with Gasteiger partial charge in [0, 0.05) is 24.5 Å². The van der Waals surface area contributed by atoms with E-state index in [2.05, 4.69) is 73.9 Å². The molecule has 2 aromatic carbocycles. The molecule has 0 aliphatic heterocycles. The van der Waals surface area contributed by atoms with Crippen molar-refractivity contribution in [1.82, 2.24) is 4.90 Å². The van der Waals surface area contributed by atoms with Gasteiger partial charge in [-0.3, -0.25) is 4.90 Å². The molecule has 0 saturated heterocycles. The van der Waals surface area contributed by atoms with Gasteiger partial charge in [-0.25, -0.2) is 0 Å². The first-order chi connectivity index (χ1) is 13.5. The third kappa shape index (κ3) is 7.25. The minimum absolute atomic E-state index is 0.0563. The molecular weight excluding hydrogens is 342 g/mol. The van der Waals surface area contributed by atoms with Crippen LogP contribution in [0.4, 0.5) is 0 Å². The minimum atomic E-state index is 0.0563. The highest BCUT2D eigenvalue weighted by Crippen LogP contribution is 2.28.